The molecule has 5 heteroatoms. The van der Waals surface area contributed by atoms with Crippen LogP contribution in [0.4, 0.5) is 0 Å². The highest BCUT2D eigenvalue weighted by Gasteiger charge is 2.42. The highest BCUT2D eigenvalue weighted by atomic mass is 35.5. The van der Waals surface area contributed by atoms with E-state index in [4.69, 9.17) is 11.6 Å². The quantitative estimate of drug-likeness (QED) is 0.730. The lowest BCUT2D eigenvalue weighted by molar-refractivity contribution is 0.715. The molecule has 1 saturated carbocycles. The fourth-order valence-corrected chi connectivity index (χ4v) is 1.71. The van der Waals surface area contributed by atoms with Gasteiger partial charge in [0.1, 0.15) is 16.9 Å². The Bertz CT molecular complexity index is 500. The van der Waals surface area contributed by atoms with E-state index in [1.165, 1.54) is 0 Å². The van der Waals surface area contributed by atoms with Crippen molar-refractivity contribution >= 4 is 22.6 Å². The standard InChI is InChI=1S/C9H9ClN4/c1-9(2-3-9)8-12-5-4-11-14-6(5)7(10)13-8/h4H,2-3H2,1H3,(H,11,14). The smallest absolute Gasteiger partial charge is 0.160 e. The SMILES string of the molecule is CC1(c2nc(Cl)c3n[nH]cc3n2)CC1. The summed E-state index contributed by atoms with van der Waals surface area (Å²) in [5.74, 6) is 0.844. The van der Waals surface area contributed by atoms with E-state index in [-0.39, 0.29) is 5.41 Å². The van der Waals surface area contributed by atoms with Gasteiger partial charge in [-0.2, -0.15) is 5.10 Å². The summed E-state index contributed by atoms with van der Waals surface area (Å²) in [6.07, 6.45) is 4.04. The van der Waals surface area contributed by atoms with Crippen LogP contribution in [0.2, 0.25) is 5.15 Å². The van der Waals surface area contributed by atoms with Crippen LogP contribution in [0.15, 0.2) is 6.20 Å². The van der Waals surface area contributed by atoms with E-state index in [0.717, 1.165) is 24.2 Å². The predicted molar refractivity (Wildman–Crippen MR) is 53.3 cm³/mol. The number of aromatic amines is 1. The van der Waals surface area contributed by atoms with Gasteiger partial charge in [0.2, 0.25) is 0 Å². The maximum atomic E-state index is 6.00. The van der Waals surface area contributed by atoms with E-state index in [2.05, 4.69) is 27.1 Å². The molecule has 14 heavy (non-hydrogen) atoms. The van der Waals surface area contributed by atoms with Gasteiger partial charge in [0.15, 0.2) is 5.15 Å². The highest BCUT2D eigenvalue weighted by molar-refractivity contribution is 6.33. The molecule has 1 N–H and O–H groups in total. The van der Waals surface area contributed by atoms with Crippen LogP contribution in [0.1, 0.15) is 25.6 Å². The van der Waals surface area contributed by atoms with Crippen LogP contribution < -0.4 is 0 Å². The lowest BCUT2D eigenvalue weighted by atomic mass is 10.1. The minimum Gasteiger partial charge on any atom is -0.283 e. The first kappa shape index (κ1) is 8.17. The molecule has 2 heterocycles. The summed E-state index contributed by atoms with van der Waals surface area (Å²) in [6.45, 7) is 2.16. The Balaban J connectivity index is 2.27. The van der Waals surface area contributed by atoms with Gasteiger partial charge in [0.05, 0.1) is 0 Å². The van der Waals surface area contributed by atoms with Crippen LogP contribution in [0.3, 0.4) is 0 Å². The largest absolute Gasteiger partial charge is 0.283 e. The van der Waals surface area contributed by atoms with Gasteiger partial charge in [-0.3, -0.25) is 5.10 Å². The number of fused-ring (bicyclic) bond motifs is 1. The van der Waals surface area contributed by atoms with Gasteiger partial charge in [0.25, 0.3) is 0 Å². The Kier molecular flexibility index (Phi) is 1.43. The molecule has 0 bridgehead atoms. The highest BCUT2D eigenvalue weighted by Crippen LogP contribution is 2.46. The van der Waals surface area contributed by atoms with Gasteiger partial charge in [-0.15, -0.1) is 0 Å². The van der Waals surface area contributed by atoms with Crippen LogP contribution in [0, 0.1) is 0 Å². The number of hydrogen-bond acceptors (Lipinski definition) is 3. The van der Waals surface area contributed by atoms with Crippen molar-refractivity contribution in [2.75, 3.05) is 0 Å². The molecule has 4 nitrogen and oxygen atoms in total. The van der Waals surface area contributed by atoms with Crippen LogP contribution in [-0.2, 0) is 5.41 Å². The van der Waals surface area contributed by atoms with E-state index >= 15 is 0 Å². The number of aromatic nitrogens is 4. The van der Waals surface area contributed by atoms with Crippen LogP contribution in [0.25, 0.3) is 11.0 Å². The lowest BCUT2D eigenvalue weighted by Gasteiger charge is -2.05. The maximum absolute atomic E-state index is 6.00. The van der Waals surface area contributed by atoms with Gasteiger partial charge in [-0.05, 0) is 12.8 Å². The third-order valence-electron chi connectivity index (χ3n) is 2.79. The van der Waals surface area contributed by atoms with Crippen molar-refractivity contribution in [3.63, 3.8) is 0 Å². The van der Waals surface area contributed by atoms with Crippen LogP contribution >= 0.6 is 11.6 Å². The monoisotopic (exact) mass is 208 g/mol. The summed E-state index contributed by atoms with van der Waals surface area (Å²) in [5, 5.41) is 7.16. The van der Waals surface area contributed by atoms with Crippen molar-refractivity contribution in [1.29, 1.82) is 0 Å². The van der Waals surface area contributed by atoms with Crippen molar-refractivity contribution in [2.45, 2.75) is 25.2 Å². The zero-order valence-electron chi connectivity index (χ0n) is 7.71. The predicted octanol–water partition coefficient (Wildman–Crippen LogP) is 2.06. The van der Waals surface area contributed by atoms with E-state index < -0.39 is 0 Å². The molecule has 3 rings (SSSR count). The van der Waals surface area contributed by atoms with Gasteiger partial charge in [0, 0.05) is 11.6 Å². The molecule has 0 radical (unpaired) electrons. The number of halogens is 1. The Morgan fingerprint density at radius 2 is 2.21 bits per heavy atom. The van der Waals surface area contributed by atoms with Gasteiger partial charge in [-0.25, -0.2) is 9.97 Å². The van der Waals surface area contributed by atoms with Crippen LogP contribution in [0.5, 0.6) is 0 Å². The van der Waals surface area contributed by atoms with E-state index in [0.29, 0.717) is 10.7 Å². The molecular weight excluding hydrogens is 200 g/mol. The van der Waals surface area contributed by atoms with E-state index in [1.807, 2.05) is 0 Å². The maximum Gasteiger partial charge on any atom is 0.160 e. The van der Waals surface area contributed by atoms with Gasteiger partial charge < -0.3 is 0 Å². The molecule has 72 valence electrons. The van der Waals surface area contributed by atoms with Gasteiger partial charge in [-0.1, -0.05) is 18.5 Å². The first-order valence-corrected chi connectivity index (χ1v) is 4.94. The third-order valence-corrected chi connectivity index (χ3v) is 3.05. The number of nitrogens with one attached hydrogen (secondary N) is 1. The summed E-state index contributed by atoms with van der Waals surface area (Å²) in [6, 6.07) is 0. The topological polar surface area (TPSA) is 54.5 Å². The molecule has 2 aromatic heterocycles. The summed E-state index contributed by atoms with van der Waals surface area (Å²) in [7, 11) is 0. The molecule has 1 fully saturated rings. The molecule has 2 aromatic rings. The summed E-state index contributed by atoms with van der Waals surface area (Å²) >= 11 is 6.00. The first-order chi connectivity index (χ1) is 6.69. The Hall–Kier alpha value is -1.16. The molecule has 0 aromatic carbocycles. The molecule has 0 saturated heterocycles. The third kappa shape index (κ3) is 1.04. The second-order valence-corrected chi connectivity index (χ2v) is 4.38. The fraction of sp³-hybridized carbons (Fsp3) is 0.444. The van der Waals surface area contributed by atoms with Crippen molar-refractivity contribution in [3.8, 4) is 0 Å². The molecule has 0 aliphatic heterocycles. The molecule has 1 aliphatic carbocycles. The Morgan fingerprint density at radius 1 is 1.43 bits per heavy atom. The van der Waals surface area contributed by atoms with E-state index in [9.17, 15) is 0 Å². The minimum absolute atomic E-state index is 0.148. The second-order valence-electron chi connectivity index (χ2n) is 4.02. The van der Waals surface area contributed by atoms with Crippen LogP contribution in [-0.4, -0.2) is 20.2 Å². The summed E-state index contributed by atoms with van der Waals surface area (Å²) in [4.78, 5) is 8.72. The van der Waals surface area contributed by atoms with Crippen molar-refractivity contribution in [1.82, 2.24) is 20.2 Å². The average molecular weight is 209 g/mol. The van der Waals surface area contributed by atoms with Crippen molar-refractivity contribution in [3.05, 3.63) is 17.2 Å². The Morgan fingerprint density at radius 3 is 2.93 bits per heavy atom. The molecule has 0 amide bonds. The van der Waals surface area contributed by atoms with E-state index in [1.54, 1.807) is 6.20 Å². The Labute approximate surface area is 85.7 Å². The lowest BCUT2D eigenvalue weighted by Crippen LogP contribution is -2.06. The van der Waals surface area contributed by atoms with Crippen molar-refractivity contribution in [2.24, 2.45) is 0 Å². The number of H-pyrrole nitrogens is 1. The first-order valence-electron chi connectivity index (χ1n) is 4.57. The normalized spacial score (nSPS) is 18.7. The number of hydrogen-bond donors (Lipinski definition) is 1. The number of rotatable bonds is 1. The molecule has 0 unspecified atom stereocenters. The zero-order valence-corrected chi connectivity index (χ0v) is 8.47. The average Bonchev–Trinajstić information content (AvgIpc) is 2.75. The van der Waals surface area contributed by atoms with Gasteiger partial charge >= 0.3 is 0 Å². The summed E-state index contributed by atoms with van der Waals surface area (Å²) < 4.78 is 0. The summed E-state index contributed by atoms with van der Waals surface area (Å²) in [5.41, 5.74) is 1.60. The molecular formula is C9H9ClN4. The molecule has 1 aliphatic rings. The molecule has 0 atom stereocenters. The molecule has 0 spiro atoms. The van der Waals surface area contributed by atoms with Crippen molar-refractivity contribution < 1.29 is 0 Å². The number of nitrogens with zero attached hydrogens (tertiary/aromatic N) is 3. The second kappa shape index (κ2) is 2.45. The fourth-order valence-electron chi connectivity index (χ4n) is 1.49. The zero-order chi connectivity index (χ0) is 9.76. The minimum atomic E-state index is 0.148.